The molecule has 0 amide bonds. The van der Waals surface area contributed by atoms with E-state index in [0.29, 0.717) is 0 Å². The third-order valence-electron chi connectivity index (χ3n) is 1.55. The van der Waals surface area contributed by atoms with Gasteiger partial charge in [0.15, 0.2) is 0 Å². The molecule has 0 N–H and O–H groups in total. The second kappa shape index (κ2) is 3.70. The summed E-state index contributed by atoms with van der Waals surface area (Å²) in [7, 11) is -9.04. The molecule has 0 unspecified atom stereocenters. The van der Waals surface area contributed by atoms with Crippen LogP contribution in [0.2, 0.25) is 17.8 Å². The fourth-order valence-corrected chi connectivity index (χ4v) is 5.66. The molecule has 0 aromatic rings. The van der Waals surface area contributed by atoms with Crippen LogP contribution in [0.25, 0.3) is 0 Å². The van der Waals surface area contributed by atoms with Crippen LogP contribution in [-0.4, -0.2) is 17.5 Å². The lowest BCUT2D eigenvalue weighted by molar-refractivity contribution is 0.562. The Kier molecular flexibility index (Phi) is 3.76. The first-order valence-corrected chi connectivity index (χ1v) is 7.92. The molecule has 0 aromatic carbocycles. The van der Waals surface area contributed by atoms with E-state index in [1.807, 2.05) is 0 Å². The predicted molar refractivity (Wildman–Crippen MR) is 41.7 cm³/mol. The standard InChI is InChI=1S/C5H12F4Si2/c1-3-10(6,7)5-11(8,9)4-2/h3-5H2,1-2H3. The molecule has 6 heteroatoms. The Labute approximate surface area is 66.3 Å². The molecular formula is C5H12F4Si2. The summed E-state index contributed by atoms with van der Waals surface area (Å²) in [4.78, 5) is 0. The van der Waals surface area contributed by atoms with E-state index in [2.05, 4.69) is 0 Å². The van der Waals surface area contributed by atoms with Crippen LogP contribution in [0.5, 0.6) is 0 Å². The molecule has 0 fully saturated rings. The van der Waals surface area contributed by atoms with Gasteiger partial charge in [-0.2, -0.15) is 0 Å². The zero-order valence-electron chi connectivity index (χ0n) is 6.63. The Morgan fingerprint density at radius 3 is 1.27 bits per heavy atom. The van der Waals surface area contributed by atoms with E-state index < -0.39 is 23.2 Å². The van der Waals surface area contributed by atoms with E-state index in [0.717, 1.165) is 0 Å². The van der Waals surface area contributed by atoms with Gasteiger partial charge in [-0.3, -0.25) is 16.4 Å². The van der Waals surface area contributed by atoms with E-state index in [1.165, 1.54) is 13.8 Å². The maximum atomic E-state index is 12.5. The van der Waals surface area contributed by atoms with Crippen molar-refractivity contribution in [3.05, 3.63) is 0 Å². The van der Waals surface area contributed by atoms with Gasteiger partial charge in [0.25, 0.3) is 0 Å². The molecule has 0 aliphatic carbocycles. The Morgan fingerprint density at radius 2 is 1.09 bits per heavy atom. The lowest BCUT2D eigenvalue weighted by Gasteiger charge is -2.15. The Bertz CT molecular complexity index is 112. The maximum Gasteiger partial charge on any atom is 0.427 e. The van der Waals surface area contributed by atoms with Gasteiger partial charge in [0.1, 0.15) is 0 Å². The fourth-order valence-electron chi connectivity index (χ4n) is 0.628. The molecule has 0 radical (unpaired) electrons. The highest BCUT2D eigenvalue weighted by Crippen LogP contribution is 2.29. The van der Waals surface area contributed by atoms with Crippen molar-refractivity contribution in [2.45, 2.75) is 31.6 Å². The molecule has 0 nitrogen and oxygen atoms in total. The summed E-state index contributed by atoms with van der Waals surface area (Å²) in [5.74, 6) is 0. The minimum atomic E-state index is -4.52. The van der Waals surface area contributed by atoms with E-state index in [-0.39, 0.29) is 12.1 Å². The monoisotopic (exact) mass is 204 g/mol. The van der Waals surface area contributed by atoms with Crippen molar-refractivity contribution < 1.29 is 16.4 Å². The summed E-state index contributed by atoms with van der Waals surface area (Å²) >= 11 is 0. The van der Waals surface area contributed by atoms with Gasteiger partial charge in [-0.1, -0.05) is 13.8 Å². The first-order valence-electron chi connectivity index (χ1n) is 3.58. The van der Waals surface area contributed by atoms with Crippen LogP contribution in [0.3, 0.4) is 0 Å². The average molecular weight is 204 g/mol. The highest BCUT2D eigenvalue weighted by Gasteiger charge is 2.47. The topological polar surface area (TPSA) is 0 Å². The van der Waals surface area contributed by atoms with Crippen molar-refractivity contribution in [2.24, 2.45) is 0 Å². The van der Waals surface area contributed by atoms with Crippen LogP contribution in [0.4, 0.5) is 16.4 Å². The third-order valence-corrected chi connectivity index (χ3v) is 7.76. The minimum Gasteiger partial charge on any atom is -0.271 e. The second-order valence-electron chi connectivity index (χ2n) is 2.60. The fraction of sp³-hybridized carbons (Fsp3) is 1.00. The Morgan fingerprint density at radius 1 is 0.818 bits per heavy atom. The molecule has 0 heterocycles. The molecule has 0 rings (SSSR count). The van der Waals surface area contributed by atoms with Crippen molar-refractivity contribution in [1.29, 1.82) is 0 Å². The van der Waals surface area contributed by atoms with Gasteiger partial charge in [-0.05, 0) is 12.1 Å². The summed E-state index contributed by atoms with van der Waals surface area (Å²) < 4.78 is 50.1. The summed E-state index contributed by atoms with van der Waals surface area (Å²) in [6.07, 6.45) is 0. The molecule has 0 bridgehead atoms. The van der Waals surface area contributed by atoms with Gasteiger partial charge >= 0.3 is 17.5 Å². The highest BCUT2D eigenvalue weighted by atomic mass is 28.5. The molecular weight excluding hydrogens is 192 g/mol. The van der Waals surface area contributed by atoms with Gasteiger partial charge in [-0.25, -0.2) is 0 Å². The molecule has 0 saturated carbocycles. The maximum absolute atomic E-state index is 12.5. The normalized spacial score (nSPS) is 13.6. The second-order valence-corrected chi connectivity index (χ2v) is 8.85. The van der Waals surface area contributed by atoms with Crippen molar-refractivity contribution in [1.82, 2.24) is 0 Å². The highest BCUT2D eigenvalue weighted by molar-refractivity contribution is 6.84. The zero-order chi connectivity index (χ0) is 9.12. The summed E-state index contributed by atoms with van der Waals surface area (Å²) in [5.41, 5.74) is -1.05. The van der Waals surface area contributed by atoms with Crippen LogP contribution in [0.15, 0.2) is 0 Å². The smallest absolute Gasteiger partial charge is 0.271 e. The summed E-state index contributed by atoms with van der Waals surface area (Å²) in [5, 5.41) is 0. The van der Waals surface area contributed by atoms with Gasteiger partial charge in [0.2, 0.25) is 0 Å². The average Bonchev–Trinajstić information content (AvgIpc) is 1.86. The summed E-state index contributed by atoms with van der Waals surface area (Å²) in [6, 6.07) is -0.703. The van der Waals surface area contributed by atoms with Gasteiger partial charge in [-0.15, -0.1) is 0 Å². The van der Waals surface area contributed by atoms with E-state index >= 15 is 0 Å². The number of rotatable bonds is 4. The number of hydrogen-bond donors (Lipinski definition) is 0. The SMILES string of the molecule is CC[Si](F)(F)C[Si](F)(F)CC. The van der Waals surface area contributed by atoms with Crippen molar-refractivity contribution >= 4 is 17.5 Å². The number of hydrogen-bond acceptors (Lipinski definition) is 0. The van der Waals surface area contributed by atoms with Crippen molar-refractivity contribution in [2.75, 3.05) is 0 Å². The third kappa shape index (κ3) is 4.57. The Balaban J connectivity index is 4.02. The van der Waals surface area contributed by atoms with E-state index in [9.17, 15) is 16.4 Å². The van der Waals surface area contributed by atoms with Gasteiger partial charge < -0.3 is 0 Å². The van der Waals surface area contributed by atoms with Crippen molar-refractivity contribution in [3.8, 4) is 0 Å². The first-order chi connectivity index (χ1) is 4.83. The Hall–Kier alpha value is 0.154. The lowest BCUT2D eigenvalue weighted by atomic mass is 11.0. The van der Waals surface area contributed by atoms with Crippen LogP contribution in [0, 0.1) is 0 Å². The minimum absolute atomic E-state index is 0.352. The molecule has 11 heavy (non-hydrogen) atoms. The summed E-state index contributed by atoms with van der Waals surface area (Å²) in [6.45, 7) is 2.57. The molecule has 68 valence electrons. The first kappa shape index (κ1) is 11.2. The predicted octanol–water partition coefficient (Wildman–Crippen LogP) is 3.33. The lowest BCUT2D eigenvalue weighted by Crippen LogP contribution is -2.35. The van der Waals surface area contributed by atoms with Crippen LogP contribution < -0.4 is 0 Å². The van der Waals surface area contributed by atoms with E-state index in [1.54, 1.807) is 0 Å². The van der Waals surface area contributed by atoms with E-state index in [4.69, 9.17) is 0 Å². The number of halogens is 4. The van der Waals surface area contributed by atoms with Crippen molar-refractivity contribution in [3.63, 3.8) is 0 Å². The largest absolute Gasteiger partial charge is 0.427 e. The molecule has 0 aromatic heterocycles. The molecule has 0 saturated heterocycles. The molecule has 0 aliphatic heterocycles. The van der Waals surface area contributed by atoms with Crippen LogP contribution >= 0.6 is 0 Å². The van der Waals surface area contributed by atoms with Gasteiger partial charge in [0, 0.05) is 0 Å². The molecule has 0 aliphatic rings. The zero-order valence-corrected chi connectivity index (χ0v) is 8.63. The quantitative estimate of drug-likeness (QED) is 0.374. The molecule has 0 spiro atoms. The van der Waals surface area contributed by atoms with Crippen LogP contribution in [0.1, 0.15) is 13.8 Å². The molecule has 0 atom stereocenters. The van der Waals surface area contributed by atoms with Crippen LogP contribution in [-0.2, 0) is 0 Å². The van der Waals surface area contributed by atoms with Gasteiger partial charge in [0.05, 0.1) is 5.67 Å².